The lowest BCUT2D eigenvalue weighted by Crippen LogP contribution is -2.64. The minimum Gasteiger partial charge on any atom is -0.477 e. The van der Waals surface area contributed by atoms with Gasteiger partial charge in [-0.25, -0.2) is 4.79 Å². The maximum Gasteiger partial charge on any atom is 0.352 e. The van der Waals surface area contributed by atoms with Crippen molar-refractivity contribution in [2.45, 2.75) is 50.1 Å². The first kappa shape index (κ1) is 19.8. The number of likely N-dealkylation sites (tertiary alicyclic amines) is 1. The summed E-state index contributed by atoms with van der Waals surface area (Å²) in [6, 6.07) is -0.166. The number of amidine groups is 1. The van der Waals surface area contributed by atoms with Crippen LogP contribution in [0.25, 0.3) is 0 Å². The Balaban J connectivity index is 1.34. The van der Waals surface area contributed by atoms with Gasteiger partial charge in [0, 0.05) is 24.0 Å². The summed E-state index contributed by atoms with van der Waals surface area (Å²) >= 11 is 3.74. The second-order valence-corrected chi connectivity index (χ2v) is 10.9. The minimum absolute atomic E-state index is 0.0880. The predicted molar refractivity (Wildman–Crippen MR) is 114 cm³/mol. The van der Waals surface area contributed by atoms with Gasteiger partial charge in [0.1, 0.15) is 5.70 Å². The predicted octanol–water partition coefficient (Wildman–Crippen LogP) is 1.83. The summed E-state index contributed by atoms with van der Waals surface area (Å²) < 4.78 is 0. The van der Waals surface area contributed by atoms with Gasteiger partial charge >= 0.3 is 5.97 Å². The third-order valence-corrected chi connectivity index (χ3v) is 9.49. The van der Waals surface area contributed by atoms with E-state index in [9.17, 15) is 19.8 Å². The number of carbonyl (C=O) groups excluding carboxylic acids is 1. The Bertz CT molecular complexity index is 799. The Labute approximate surface area is 179 Å². The van der Waals surface area contributed by atoms with Gasteiger partial charge in [-0.15, -0.1) is 11.8 Å². The maximum atomic E-state index is 12.6. The molecule has 0 radical (unpaired) electrons. The number of hydrogen-bond acceptors (Lipinski definition) is 7. The van der Waals surface area contributed by atoms with Crippen LogP contribution >= 0.6 is 23.5 Å². The summed E-state index contributed by atoms with van der Waals surface area (Å²) in [6.45, 7) is 3.60. The van der Waals surface area contributed by atoms with E-state index in [0.29, 0.717) is 5.37 Å². The number of fused-ring (bicyclic) bond motifs is 3. The van der Waals surface area contributed by atoms with Crippen molar-refractivity contribution in [3.05, 3.63) is 11.3 Å². The number of carbonyl (C=O) groups is 2. The van der Waals surface area contributed by atoms with Crippen molar-refractivity contribution in [1.82, 2.24) is 9.80 Å². The van der Waals surface area contributed by atoms with E-state index < -0.39 is 18.0 Å². The number of aliphatic carboxylic acids is 1. The van der Waals surface area contributed by atoms with Crippen molar-refractivity contribution in [1.29, 1.82) is 0 Å². The van der Waals surface area contributed by atoms with Gasteiger partial charge in [0.15, 0.2) is 5.17 Å². The first-order valence-corrected chi connectivity index (χ1v) is 12.6. The zero-order chi connectivity index (χ0) is 20.3. The number of carboxylic acid groups (broad SMARTS) is 1. The molecule has 29 heavy (non-hydrogen) atoms. The fourth-order valence-electron chi connectivity index (χ4n) is 5.65. The molecule has 6 atom stereocenters. The molecule has 1 amide bonds. The van der Waals surface area contributed by atoms with Crippen LogP contribution in [0.5, 0.6) is 0 Å². The van der Waals surface area contributed by atoms with Crippen LogP contribution in [-0.2, 0) is 9.59 Å². The van der Waals surface area contributed by atoms with Gasteiger partial charge in [0.05, 0.1) is 30.0 Å². The van der Waals surface area contributed by atoms with E-state index in [1.54, 1.807) is 6.92 Å². The molecule has 0 aromatic carbocycles. The molecule has 0 spiro atoms. The summed E-state index contributed by atoms with van der Waals surface area (Å²) in [5, 5.41) is 21.6. The van der Waals surface area contributed by atoms with E-state index >= 15 is 0 Å². The number of rotatable bonds is 5. The van der Waals surface area contributed by atoms with Crippen molar-refractivity contribution in [2.75, 3.05) is 24.6 Å². The summed E-state index contributed by atoms with van der Waals surface area (Å²) in [4.78, 5) is 33.2. The molecule has 0 aromatic rings. The number of aliphatic hydroxyl groups excluding tert-OH is 1. The van der Waals surface area contributed by atoms with Gasteiger partial charge in [0.2, 0.25) is 5.91 Å². The molecule has 2 saturated heterocycles. The molecular formula is C20H27N3O4S2. The van der Waals surface area contributed by atoms with Crippen molar-refractivity contribution in [3.63, 3.8) is 0 Å². The van der Waals surface area contributed by atoms with Crippen molar-refractivity contribution in [3.8, 4) is 0 Å². The molecular weight excluding hydrogens is 410 g/mol. The lowest BCUT2D eigenvalue weighted by molar-refractivity contribution is -0.163. The van der Waals surface area contributed by atoms with Gasteiger partial charge in [0.25, 0.3) is 0 Å². The smallest absolute Gasteiger partial charge is 0.352 e. The number of nitrogens with zero attached hydrogens (tertiary/aromatic N) is 3. The average molecular weight is 438 g/mol. The van der Waals surface area contributed by atoms with Gasteiger partial charge < -0.3 is 20.0 Å². The van der Waals surface area contributed by atoms with Crippen LogP contribution in [0.2, 0.25) is 0 Å². The Hall–Kier alpha value is -1.19. The number of aliphatic hydroxyl groups is 1. The first-order chi connectivity index (χ1) is 14.0. The summed E-state index contributed by atoms with van der Waals surface area (Å²) in [5.74, 6) is 0.552. The SMILES string of the molecule is C[C@@H](O)[C@H]1C(=O)N2C(C(=O)O)=C3[C@H](CSC4CCN4C4=NCCS4)CCC[C@@H]3[C@H]12. The average Bonchev–Trinajstić information content (AvgIpc) is 3.25. The van der Waals surface area contributed by atoms with Gasteiger partial charge in [-0.05, 0) is 37.7 Å². The van der Waals surface area contributed by atoms with Crippen LogP contribution < -0.4 is 0 Å². The van der Waals surface area contributed by atoms with Crippen LogP contribution in [0.4, 0.5) is 0 Å². The zero-order valence-corrected chi connectivity index (χ0v) is 18.1. The molecule has 4 heterocycles. The van der Waals surface area contributed by atoms with Gasteiger partial charge in [-0.3, -0.25) is 9.79 Å². The van der Waals surface area contributed by atoms with Gasteiger partial charge in [-0.1, -0.05) is 18.2 Å². The Morgan fingerprint density at radius 3 is 2.83 bits per heavy atom. The molecule has 1 aliphatic carbocycles. The maximum absolute atomic E-state index is 12.6. The highest BCUT2D eigenvalue weighted by molar-refractivity contribution is 8.14. The highest BCUT2D eigenvalue weighted by atomic mass is 32.2. The lowest BCUT2D eigenvalue weighted by atomic mass is 9.70. The van der Waals surface area contributed by atoms with E-state index in [1.165, 1.54) is 4.90 Å². The fraction of sp³-hybridized carbons (Fsp3) is 0.750. The Morgan fingerprint density at radius 1 is 1.38 bits per heavy atom. The van der Waals surface area contributed by atoms with E-state index in [1.807, 2.05) is 23.5 Å². The molecule has 3 fully saturated rings. The highest BCUT2D eigenvalue weighted by Gasteiger charge is 2.62. The van der Waals surface area contributed by atoms with Crippen LogP contribution in [0.15, 0.2) is 16.3 Å². The van der Waals surface area contributed by atoms with Crippen molar-refractivity contribution in [2.24, 2.45) is 22.7 Å². The molecule has 0 aromatic heterocycles. The zero-order valence-electron chi connectivity index (χ0n) is 16.5. The van der Waals surface area contributed by atoms with Crippen molar-refractivity contribution >= 4 is 40.6 Å². The van der Waals surface area contributed by atoms with E-state index in [0.717, 1.165) is 61.0 Å². The number of hydrogen-bond donors (Lipinski definition) is 2. The lowest BCUT2D eigenvalue weighted by Gasteiger charge is -2.47. The second-order valence-electron chi connectivity index (χ2n) is 8.59. The molecule has 5 rings (SSSR count). The first-order valence-electron chi connectivity index (χ1n) is 10.5. The van der Waals surface area contributed by atoms with Crippen LogP contribution in [-0.4, -0.2) is 79.2 Å². The normalized spacial score (nSPS) is 37.0. The highest BCUT2D eigenvalue weighted by Crippen LogP contribution is 2.54. The minimum atomic E-state index is -0.997. The second kappa shape index (κ2) is 7.50. The van der Waals surface area contributed by atoms with E-state index in [4.69, 9.17) is 0 Å². The van der Waals surface area contributed by atoms with Gasteiger partial charge in [-0.2, -0.15) is 0 Å². The quantitative estimate of drug-likeness (QED) is 0.634. The molecule has 5 aliphatic rings. The Kier molecular flexibility index (Phi) is 5.11. The number of β-lactam (4-membered cyclic amide) rings is 1. The largest absolute Gasteiger partial charge is 0.477 e. The van der Waals surface area contributed by atoms with Crippen LogP contribution in [0.3, 0.4) is 0 Å². The standard InChI is InChI=1S/C20H27N3O4S2/c1-10(24)14-16-12-4-2-3-11(15(12)17(19(26)27)23(16)18(14)25)9-29-13-5-7-22(13)20-21-6-8-28-20/h10-14,16,24H,2-9H2,1H3,(H,26,27)/t10-,11+,12+,13?,14-,16-/m1/s1. The Morgan fingerprint density at radius 2 is 2.21 bits per heavy atom. The molecule has 7 nitrogen and oxygen atoms in total. The number of thioether (sulfide) groups is 2. The molecule has 0 bridgehead atoms. The molecule has 9 heteroatoms. The molecule has 158 valence electrons. The summed E-state index contributed by atoms with van der Waals surface area (Å²) in [6.07, 6.45) is 3.35. The third kappa shape index (κ3) is 3.03. The van der Waals surface area contributed by atoms with Crippen molar-refractivity contribution < 1.29 is 19.8 Å². The molecule has 2 N–H and O–H groups in total. The van der Waals surface area contributed by atoms with E-state index in [-0.39, 0.29) is 29.5 Å². The molecule has 1 saturated carbocycles. The topological polar surface area (TPSA) is 93.4 Å². The van der Waals surface area contributed by atoms with E-state index in [2.05, 4.69) is 9.89 Å². The number of aliphatic imine (C=N–C) groups is 1. The number of carboxylic acids is 1. The number of amides is 1. The third-order valence-electron chi connectivity index (χ3n) is 7.01. The monoisotopic (exact) mass is 437 g/mol. The molecule has 4 aliphatic heterocycles. The van der Waals surface area contributed by atoms with Crippen LogP contribution in [0, 0.1) is 17.8 Å². The summed E-state index contributed by atoms with van der Waals surface area (Å²) in [5.41, 5.74) is 1.18. The molecule has 1 unspecified atom stereocenters. The summed E-state index contributed by atoms with van der Waals surface area (Å²) in [7, 11) is 0. The fourth-order valence-corrected chi connectivity index (χ4v) is 8.11. The van der Waals surface area contributed by atoms with Crippen LogP contribution in [0.1, 0.15) is 32.6 Å².